The minimum absolute atomic E-state index is 0.643. The summed E-state index contributed by atoms with van der Waals surface area (Å²) >= 11 is 0. The Morgan fingerprint density at radius 2 is 1.24 bits per heavy atom. The summed E-state index contributed by atoms with van der Waals surface area (Å²) in [5, 5.41) is 0. The molecule has 170 valence electrons. The summed E-state index contributed by atoms with van der Waals surface area (Å²) in [5.41, 5.74) is 6.32. The summed E-state index contributed by atoms with van der Waals surface area (Å²) in [7, 11) is 4.09. The monoisotopic (exact) mass is 439 g/mol. The SMILES string of the molecule is CCCN(CCC)c1ccc(-c2nc(-c3ccc(N(C)C)cc3)c(-c3ccccc3)o2)cc1. The molecule has 0 saturated carbocycles. The molecule has 4 aromatic rings. The molecule has 0 aliphatic heterocycles. The van der Waals surface area contributed by atoms with Gasteiger partial charge in [0.1, 0.15) is 5.69 Å². The quantitative estimate of drug-likeness (QED) is 0.273. The first kappa shape index (κ1) is 22.7. The first-order valence-electron chi connectivity index (χ1n) is 11.8. The normalized spacial score (nSPS) is 10.9. The maximum absolute atomic E-state index is 6.38. The third-order valence-electron chi connectivity index (χ3n) is 5.79. The molecule has 0 fully saturated rings. The molecule has 0 spiro atoms. The van der Waals surface area contributed by atoms with Gasteiger partial charge in [-0.25, -0.2) is 4.98 Å². The highest BCUT2D eigenvalue weighted by atomic mass is 16.4. The van der Waals surface area contributed by atoms with E-state index in [1.165, 1.54) is 5.69 Å². The van der Waals surface area contributed by atoms with E-state index >= 15 is 0 Å². The summed E-state index contributed by atoms with van der Waals surface area (Å²) in [6, 6.07) is 27.3. The first-order chi connectivity index (χ1) is 16.1. The van der Waals surface area contributed by atoms with Gasteiger partial charge in [0.15, 0.2) is 5.76 Å². The van der Waals surface area contributed by atoms with Crippen LogP contribution < -0.4 is 9.80 Å². The number of hydrogen-bond acceptors (Lipinski definition) is 4. The molecule has 0 aliphatic carbocycles. The standard InChI is InChI=1S/C29H33N3O/c1-5-20-32(21-6-2)26-18-14-24(15-19-26)29-30-27(22-12-16-25(17-13-22)31(3)4)28(33-29)23-10-8-7-9-11-23/h7-19H,5-6,20-21H2,1-4H3. The third kappa shape index (κ3) is 5.11. The van der Waals surface area contributed by atoms with Crippen LogP contribution in [0.1, 0.15) is 26.7 Å². The minimum Gasteiger partial charge on any atom is -0.435 e. The molecular formula is C29H33N3O. The molecule has 0 amide bonds. The van der Waals surface area contributed by atoms with E-state index in [0.29, 0.717) is 5.89 Å². The van der Waals surface area contributed by atoms with E-state index in [-0.39, 0.29) is 0 Å². The fourth-order valence-corrected chi connectivity index (χ4v) is 4.07. The van der Waals surface area contributed by atoms with Crippen LogP contribution in [0.25, 0.3) is 34.0 Å². The minimum atomic E-state index is 0.643. The molecule has 1 aromatic heterocycles. The Hall–Kier alpha value is -3.53. The summed E-state index contributed by atoms with van der Waals surface area (Å²) in [5.74, 6) is 1.44. The van der Waals surface area contributed by atoms with E-state index in [2.05, 4.69) is 84.3 Å². The molecule has 0 aliphatic rings. The second-order valence-electron chi connectivity index (χ2n) is 8.54. The molecular weight excluding hydrogens is 406 g/mol. The van der Waals surface area contributed by atoms with Crippen LogP contribution in [-0.2, 0) is 0 Å². The Balaban J connectivity index is 1.72. The molecule has 0 bridgehead atoms. The lowest BCUT2D eigenvalue weighted by molar-refractivity contribution is 0.589. The molecule has 0 radical (unpaired) electrons. The lowest BCUT2D eigenvalue weighted by Crippen LogP contribution is -2.24. The van der Waals surface area contributed by atoms with Crippen molar-refractivity contribution in [2.75, 3.05) is 37.0 Å². The summed E-state index contributed by atoms with van der Waals surface area (Å²) < 4.78 is 6.38. The van der Waals surface area contributed by atoms with Gasteiger partial charge in [0.2, 0.25) is 5.89 Å². The first-order valence-corrected chi connectivity index (χ1v) is 11.8. The number of anilines is 2. The molecule has 33 heavy (non-hydrogen) atoms. The largest absolute Gasteiger partial charge is 0.435 e. The summed E-state index contributed by atoms with van der Waals surface area (Å²) in [6.45, 7) is 6.58. The van der Waals surface area contributed by atoms with Gasteiger partial charge in [-0.15, -0.1) is 0 Å². The van der Waals surface area contributed by atoms with Crippen LogP contribution in [0, 0.1) is 0 Å². The average molecular weight is 440 g/mol. The van der Waals surface area contributed by atoms with Crippen molar-refractivity contribution in [1.29, 1.82) is 0 Å². The number of benzene rings is 3. The van der Waals surface area contributed by atoms with Crippen molar-refractivity contribution < 1.29 is 4.42 Å². The zero-order valence-corrected chi connectivity index (χ0v) is 20.1. The van der Waals surface area contributed by atoms with Crippen LogP contribution in [0.4, 0.5) is 11.4 Å². The van der Waals surface area contributed by atoms with Crippen molar-refractivity contribution in [3.05, 3.63) is 78.9 Å². The van der Waals surface area contributed by atoms with Crippen LogP contribution in [0.5, 0.6) is 0 Å². The van der Waals surface area contributed by atoms with Crippen molar-refractivity contribution >= 4 is 11.4 Å². The Bertz CT molecular complexity index is 1140. The van der Waals surface area contributed by atoms with Crippen molar-refractivity contribution in [2.45, 2.75) is 26.7 Å². The number of oxazole rings is 1. The Morgan fingerprint density at radius 1 is 0.667 bits per heavy atom. The average Bonchev–Trinajstić information content (AvgIpc) is 3.30. The van der Waals surface area contributed by atoms with Gasteiger partial charge in [-0.05, 0) is 49.2 Å². The van der Waals surface area contributed by atoms with Crippen LogP contribution >= 0.6 is 0 Å². The lowest BCUT2D eigenvalue weighted by atomic mass is 10.1. The highest BCUT2D eigenvalue weighted by Crippen LogP contribution is 2.36. The van der Waals surface area contributed by atoms with Gasteiger partial charge in [0, 0.05) is 55.2 Å². The van der Waals surface area contributed by atoms with Gasteiger partial charge in [0.25, 0.3) is 0 Å². The second kappa shape index (κ2) is 10.4. The molecule has 0 saturated heterocycles. The number of hydrogen-bond donors (Lipinski definition) is 0. The second-order valence-corrected chi connectivity index (χ2v) is 8.54. The van der Waals surface area contributed by atoms with Gasteiger partial charge in [-0.1, -0.05) is 56.3 Å². The zero-order valence-electron chi connectivity index (χ0n) is 20.1. The predicted octanol–water partition coefficient (Wildman–Crippen LogP) is 7.37. The Kier molecular flexibility index (Phi) is 7.13. The van der Waals surface area contributed by atoms with E-state index < -0.39 is 0 Å². The number of nitrogens with zero attached hydrogens (tertiary/aromatic N) is 3. The Morgan fingerprint density at radius 3 is 1.82 bits per heavy atom. The highest BCUT2D eigenvalue weighted by molar-refractivity contribution is 5.80. The lowest BCUT2D eigenvalue weighted by Gasteiger charge is -2.23. The van der Waals surface area contributed by atoms with Gasteiger partial charge < -0.3 is 14.2 Å². The van der Waals surface area contributed by atoms with Crippen LogP contribution in [0.2, 0.25) is 0 Å². The smallest absolute Gasteiger partial charge is 0.227 e. The molecule has 4 nitrogen and oxygen atoms in total. The topological polar surface area (TPSA) is 32.5 Å². The predicted molar refractivity (Wildman–Crippen MR) is 140 cm³/mol. The van der Waals surface area contributed by atoms with Crippen LogP contribution in [0.15, 0.2) is 83.3 Å². The van der Waals surface area contributed by atoms with E-state index in [0.717, 1.165) is 59.8 Å². The van der Waals surface area contributed by atoms with Gasteiger partial charge in [-0.3, -0.25) is 0 Å². The van der Waals surface area contributed by atoms with E-state index in [1.807, 2.05) is 32.3 Å². The van der Waals surface area contributed by atoms with E-state index in [1.54, 1.807) is 0 Å². The summed E-state index contributed by atoms with van der Waals surface area (Å²) in [6.07, 6.45) is 2.27. The van der Waals surface area contributed by atoms with E-state index in [4.69, 9.17) is 9.40 Å². The Labute approximate surface area is 197 Å². The molecule has 0 unspecified atom stereocenters. The van der Waals surface area contributed by atoms with Gasteiger partial charge >= 0.3 is 0 Å². The molecule has 0 N–H and O–H groups in total. The fourth-order valence-electron chi connectivity index (χ4n) is 4.07. The maximum Gasteiger partial charge on any atom is 0.227 e. The maximum atomic E-state index is 6.38. The van der Waals surface area contributed by atoms with Crippen LogP contribution in [0.3, 0.4) is 0 Å². The third-order valence-corrected chi connectivity index (χ3v) is 5.79. The van der Waals surface area contributed by atoms with Crippen molar-refractivity contribution in [2.24, 2.45) is 0 Å². The molecule has 4 rings (SSSR count). The van der Waals surface area contributed by atoms with Crippen molar-refractivity contribution in [3.63, 3.8) is 0 Å². The molecule has 0 atom stereocenters. The van der Waals surface area contributed by atoms with E-state index in [9.17, 15) is 0 Å². The molecule has 4 heteroatoms. The van der Waals surface area contributed by atoms with Crippen LogP contribution in [-0.4, -0.2) is 32.2 Å². The number of rotatable bonds is 9. The highest BCUT2D eigenvalue weighted by Gasteiger charge is 2.18. The van der Waals surface area contributed by atoms with Crippen molar-refractivity contribution in [1.82, 2.24) is 4.98 Å². The van der Waals surface area contributed by atoms with Crippen molar-refractivity contribution in [3.8, 4) is 34.0 Å². The summed E-state index contributed by atoms with van der Waals surface area (Å²) in [4.78, 5) is 9.49. The number of aromatic nitrogens is 1. The zero-order chi connectivity index (χ0) is 23.2. The molecule has 3 aromatic carbocycles. The van der Waals surface area contributed by atoms with Gasteiger partial charge in [0.05, 0.1) is 0 Å². The molecule has 1 heterocycles. The fraction of sp³-hybridized carbons (Fsp3) is 0.276. The van der Waals surface area contributed by atoms with Gasteiger partial charge in [-0.2, -0.15) is 0 Å².